The maximum Gasteiger partial charge on any atom is 0.240 e. The fourth-order valence-electron chi connectivity index (χ4n) is 2.37. The molecule has 1 fully saturated rings. The van der Waals surface area contributed by atoms with Gasteiger partial charge in [-0.25, -0.2) is 17.5 Å². The molecule has 20 heavy (non-hydrogen) atoms. The topological polar surface area (TPSA) is 72.2 Å². The normalized spacial score (nSPS) is 18.3. The lowest BCUT2D eigenvalue weighted by atomic mass is 9.83. The molecule has 4 nitrogen and oxygen atoms in total. The zero-order valence-corrected chi connectivity index (χ0v) is 12.8. The molecule has 0 amide bonds. The monoisotopic (exact) mass is 322 g/mol. The summed E-state index contributed by atoms with van der Waals surface area (Å²) in [6, 6.07) is 4.77. The summed E-state index contributed by atoms with van der Waals surface area (Å²) < 4.78 is 39.4. The van der Waals surface area contributed by atoms with Crippen molar-refractivity contribution >= 4 is 22.4 Å². The second kappa shape index (κ2) is 6.85. The molecule has 0 spiro atoms. The van der Waals surface area contributed by atoms with Crippen molar-refractivity contribution in [1.82, 2.24) is 4.72 Å². The van der Waals surface area contributed by atoms with Crippen molar-refractivity contribution in [2.75, 3.05) is 6.54 Å². The summed E-state index contributed by atoms with van der Waals surface area (Å²) in [4.78, 5) is 0.0632. The summed E-state index contributed by atoms with van der Waals surface area (Å²) in [5, 5.41) is 0. The predicted molar refractivity (Wildman–Crippen MR) is 78.8 cm³/mol. The van der Waals surface area contributed by atoms with E-state index in [-0.39, 0.29) is 23.8 Å². The van der Waals surface area contributed by atoms with Gasteiger partial charge in [0.05, 0.1) is 4.90 Å². The molecule has 0 aliphatic heterocycles. The number of halogens is 2. The standard InChI is InChI=1S/C13H19FN2O2S.ClH/c14-11-4-6-12(7-5-11)19(17,18)16-10-13(15)8-2-1-3-9-13;/h4-7,16H,1-3,8-10,15H2;1H. The highest BCUT2D eigenvalue weighted by atomic mass is 35.5. The summed E-state index contributed by atoms with van der Waals surface area (Å²) >= 11 is 0. The van der Waals surface area contributed by atoms with Gasteiger partial charge in [-0.05, 0) is 37.1 Å². The Hall–Kier alpha value is -0.690. The molecule has 0 heterocycles. The first kappa shape index (κ1) is 17.4. The summed E-state index contributed by atoms with van der Waals surface area (Å²) in [7, 11) is -3.61. The minimum Gasteiger partial charge on any atom is -0.324 e. The van der Waals surface area contributed by atoms with Gasteiger partial charge in [0.25, 0.3) is 0 Å². The Morgan fingerprint density at radius 3 is 2.25 bits per heavy atom. The lowest BCUT2D eigenvalue weighted by molar-refractivity contribution is 0.296. The Morgan fingerprint density at radius 2 is 1.70 bits per heavy atom. The van der Waals surface area contributed by atoms with Gasteiger partial charge in [0.2, 0.25) is 10.0 Å². The molecule has 1 aliphatic rings. The van der Waals surface area contributed by atoms with Crippen LogP contribution in [0.3, 0.4) is 0 Å². The predicted octanol–water partition coefficient (Wildman–Crippen LogP) is 2.19. The summed E-state index contributed by atoms with van der Waals surface area (Å²) in [5.41, 5.74) is 5.73. The molecule has 114 valence electrons. The maximum absolute atomic E-state index is 12.8. The lowest BCUT2D eigenvalue weighted by Crippen LogP contribution is -2.51. The van der Waals surface area contributed by atoms with E-state index in [2.05, 4.69) is 4.72 Å². The van der Waals surface area contributed by atoms with Crippen molar-refractivity contribution in [2.45, 2.75) is 42.5 Å². The first-order valence-corrected chi connectivity index (χ1v) is 7.94. The molecule has 1 aromatic carbocycles. The van der Waals surface area contributed by atoms with Crippen molar-refractivity contribution < 1.29 is 12.8 Å². The van der Waals surface area contributed by atoms with Gasteiger partial charge in [0.15, 0.2) is 0 Å². The van der Waals surface area contributed by atoms with Gasteiger partial charge in [0.1, 0.15) is 5.82 Å². The Bertz CT molecular complexity index is 528. The molecule has 0 bridgehead atoms. The highest BCUT2D eigenvalue weighted by Crippen LogP contribution is 2.25. The van der Waals surface area contributed by atoms with E-state index in [1.807, 2.05) is 0 Å². The van der Waals surface area contributed by atoms with Crippen molar-refractivity contribution in [1.29, 1.82) is 0 Å². The molecule has 1 aliphatic carbocycles. The third-order valence-corrected chi connectivity index (χ3v) is 5.00. The maximum atomic E-state index is 12.8. The van der Waals surface area contributed by atoms with Crippen LogP contribution in [0.25, 0.3) is 0 Å². The molecular weight excluding hydrogens is 303 g/mol. The number of nitrogens with two attached hydrogens (primary N) is 1. The van der Waals surface area contributed by atoms with E-state index in [1.54, 1.807) is 0 Å². The van der Waals surface area contributed by atoms with E-state index in [0.717, 1.165) is 44.2 Å². The first-order chi connectivity index (χ1) is 8.91. The summed E-state index contributed by atoms with van der Waals surface area (Å²) in [6.07, 6.45) is 4.89. The van der Waals surface area contributed by atoms with E-state index in [0.29, 0.717) is 0 Å². The Kier molecular flexibility index (Phi) is 5.94. The van der Waals surface area contributed by atoms with E-state index >= 15 is 0 Å². The highest BCUT2D eigenvalue weighted by molar-refractivity contribution is 7.89. The Balaban J connectivity index is 0.00000200. The summed E-state index contributed by atoms with van der Waals surface area (Å²) in [5.74, 6) is -0.457. The molecule has 0 saturated heterocycles. The molecule has 1 aromatic rings. The van der Waals surface area contributed by atoms with Gasteiger partial charge in [-0.2, -0.15) is 0 Å². The van der Waals surface area contributed by atoms with Gasteiger partial charge in [-0.15, -0.1) is 12.4 Å². The van der Waals surface area contributed by atoms with E-state index in [1.165, 1.54) is 12.1 Å². The second-order valence-electron chi connectivity index (χ2n) is 5.20. The largest absolute Gasteiger partial charge is 0.324 e. The average molecular weight is 323 g/mol. The minimum atomic E-state index is -3.61. The fourth-order valence-corrected chi connectivity index (χ4v) is 3.51. The van der Waals surface area contributed by atoms with Crippen LogP contribution in [0.4, 0.5) is 4.39 Å². The number of hydrogen-bond acceptors (Lipinski definition) is 3. The van der Waals surface area contributed by atoms with Crippen LogP contribution in [-0.2, 0) is 10.0 Å². The van der Waals surface area contributed by atoms with Gasteiger partial charge < -0.3 is 5.73 Å². The van der Waals surface area contributed by atoms with Crippen LogP contribution in [0.2, 0.25) is 0 Å². The molecule has 1 saturated carbocycles. The quantitative estimate of drug-likeness (QED) is 0.892. The summed E-state index contributed by atoms with van der Waals surface area (Å²) in [6.45, 7) is 0.229. The van der Waals surface area contributed by atoms with E-state index in [4.69, 9.17) is 5.73 Å². The molecular formula is C13H20ClFN2O2S. The van der Waals surface area contributed by atoms with Gasteiger partial charge >= 0.3 is 0 Å². The third-order valence-electron chi connectivity index (χ3n) is 3.59. The average Bonchev–Trinajstić information content (AvgIpc) is 2.38. The number of sulfonamides is 1. The SMILES string of the molecule is Cl.NC1(CNS(=O)(=O)c2ccc(F)cc2)CCCCC1. The number of benzene rings is 1. The van der Waals surface area contributed by atoms with Crippen LogP contribution in [-0.4, -0.2) is 20.5 Å². The molecule has 0 unspecified atom stereocenters. The van der Waals surface area contributed by atoms with Crippen LogP contribution in [0.15, 0.2) is 29.2 Å². The number of hydrogen-bond donors (Lipinski definition) is 2. The molecule has 0 aromatic heterocycles. The zero-order valence-electron chi connectivity index (χ0n) is 11.1. The minimum absolute atomic E-state index is 0. The van der Waals surface area contributed by atoms with Gasteiger partial charge in [-0.3, -0.25) is 0 Å². The van der Waals surface area contributed by atoms with Crippen LogP contribution in [0, 0.1) is 5.82 Å². The smallest absolute Gasteiger partial charge is 0.240 e. The van der Waals surface area contributed by atoms with E-state index in [9.17, 15) is 12.8 Å². The van der Waals surface area contributed by atoms with Crippen LogP contribution in [0.5, 0.6) is 0 Å². The van der Waals surface area contributed by atoms with Crippen molar-refractivity contribution in [3.8, 4) is 0 Å². The first-order valence-electron chi connectivity index (χ1n) is 6.45. The van der Waals surface area contributed by atoms with Gasteiger partial charge in [-0.1, -0.05) is 19.3 Å². The lowest BCUT2D eigenvalue weighted by Gasteiger charge is -2.33. The van der Waals surface area contributed by atoms with Crippen LogP contribution < -0.4 is 10.5 Å². The van der Waals surface area contributed by atoms with Crippen molar-refractivity contribution in [3.05, 3.63) is 30.1 Å². The Labute approximate surface area is 125 Å². The fraction of sp³-hybridized carbons (Fsp3) is 0.538. The zero-order chi connectivity index (χ0) is 13.9. The van der Waals surface area contributed by atoms with Crippen molar-refractivity contribution in [2.24, 2.45) is 5.73 Å². The number of rotatable bonds is 4. The van der Waals surface area contributed by atoms with Crippen LogP contribution >= 0.6 is 12.4 Å². The Morgan fingerprint density at radius 1 is 1.15 bits per heavy atom. The van der Waals surface area contributed by atoms with Crippen LogP contribution in [0.1, 0.15) is 32.1 Å². The second-order valence-corrected chi connectivity index (χ2v) is 6.97. The molecule has 3 N–H and O–H groups in total. The molecule has 0 atom stereocenters. The van der Waals surface area contributed by atoms with Gasteiger partial charge in [0, 0.05) is 12.1 Å². The van der Waals surface area contributed by atoms with Crippen molar-refractivity contribution in [3.63, 3.8) is 0 Å². The van der Waals surface area contributed by atoms with E-state index < -0.39 is 21.4 Å². The third kappa shape index (κ3) is 4.41. The molecule has 0 radical (unpaired) electrons. The number of nitrogens with one attached hydrogen (secondary N) is 1. The molecule has 2 rings (SSSR count). The molecule has 7 heteroatoms. The highest BCUT2D eigenvalue weighted by Gasteiger charge is 2.29.